The van der Waals surface area contributed by atoms with Gasteiger partial charge >= 0.3 is 6.03 Å². The minimum absolute atomic E-state index is 0.0147. The summed E-state index contributed by atoms with van der Waals surface area (Å²) in [6, 6.07) is 5.32. The number of carbonyl (C=O) groups excluding carboxylic acids is 3. The zero-order valence-electron chi connectivity index (χ0n) is 21.2. The van der Waals surface area contributed by atoms with E-state index in [-0.39, 0.29) is 11.6 Å². The molecule has 2 aromatic rings. The molecule has 4 heterocycles. The van der Waals surface area contributed by atoms with Crippen molar-refractivity contribution < 1.29 is 19.1 Å². The Kier molecular flexibility index (Phi) is 8.43. The summed E-state index contributed by atoms with van der Waals surface area (Å²) in [5.74, 6) is 0.790. The van der Waals surface area contributed by atoms with E-state index in [1.807, 2.05) is 18.0 Å². The van der Waals surface area contributed by atoms with Crippen molar-refractivity contribution in [3.05, 3.63) is 46.3 Å². The fourth-order valence-corrected chi connectivity index (χ4v) is 4.64. The second-order valence-electron chi connectivity index (χ2n) is 9.31. The molecule has 1 fully saturated rings. The van der Waals surface area contributed by atoms with Crippen LogP contribution in [0.3, 0.4) is 0 Å². The molecule has 0 atom stereocenters. The van der Waals surface area contributed by atoms with E-state index in [2.05, 4.69) is 21.4 Å². The Hall–Kier alpha value is -3.88. The number of carbonyl (C=O) groups is 3. The first-order valence-corrected chi connectivity index (χ1v) is 12.3. The largest absolute Gasteiger partial charge is 0.385 e. The molecule has 0 aromatic carbocycles. The maximum absolute atomic E-state index is 13.2. The number of nitriles is 1. The van der Waals surface area contributed by atoms with Crippen molar-refractivity contribution >= 4 is 29.9 Å². The number of anilines is 2. The van der Waals surface area contributed by atoms with Crippen molar-refractivity contribution in [2.75, 3.05) is 57.2 Å². The molecule has 0 bridgehead atoms. The van der Waals surface area contributed by atoms with Crippen molar-refractivity contribution in [1.29, 1.82) is 5.26 Å². The number of aldehydes is 1. The van der Waals surface area contributed by atoms with E-state index >= 15 is 0 Å². The van der Waals surface area contributed by atoms with Crippen molar-refractivity contribution in [2.45, 2.75) is 32.2 Å². The maximum Gasteiger partial charge on any atom is 0.328 e. The summed E-state index contributed by atoms with van der Waals surface area (Å²) in [6.45, 7) is 3.03. The molecule has 3 amide bonds. The summed E-state index contributed by atoms with van der Waals surface area (Å²) < 4.78 is 5.10. The summed E-state index contributed by atoms with van der Waals surface area (Å²) in [6.07, 6.45) is 4.94. The van der Waals surface area contributed by atoms with E-state index in [4.69, 9.17) is 4.74 Å². The number of methoxy groups -OCH3 is 1. The summed E-state index contributed by atoms with van der Waals surface area (Å²) >= 11 is 0. The lowest BCUT2D eigenvalue weighted by Crippen LogP contribution is -2.48. The van der Waals surface area contributed by atoms with Gasteiger partial charge in [0.15, 0.2) is 6.29 Å². The first kappa shape index (κ1) is 26.2. The highest BCUT2D eigenvalue weighted by atomic mass is 16.5. The van der Waals surface area contributed by atoms with E-state index < -0.39 is 6.03 Å². The maximum atomic E-state index is 13.2. The first-order chi connectivity index (χ1) is 17.9. The minimum atomic E-state index is -0.410. The first-order valence-electron chi connectivity index (χ1n) is 12.3. The van der Waals surface area contributed by atoms with Crippen LogP contribution >= 0.6 is 0 Å². The summed E-state index contributed by atoms with van der Waals surface area (Å²) in [4.78, 5) is 51.6. The Labute approximate surface area is 216 Å². The number of urea groups is 1. The van der Waals surface area contributed by atoms with E-state index in [1.54, 1.807) is 18.1 Å². The second-order valence-corrected chi connectivity index (χ2v) is 9.31. The molecule has 11 nitrogen and oxygen atoms in total. The number of amides is 3. The van der Waals surface area contributed by atoms with Crippen LogP contribution in [0.1, 0.15) is 45.6 Å². The lowest BCUT2D eigenvalue weighted by molar-refractivity contribution is -0.136. The minimum Gasteiger partial charge on any atom is -0.385 e. The molecule has 11 heteroatoms. The van der Waals surface area contributed by atoms with Gasteiger partial charge in [-0.3, -0.25) is 24.7 Å². The average molecular weight is 506 g/mol. The SMILES string of the molecule is COCCCc1cc(NC(=O)N2CCCc3cc(CN4CCN(C)CC4=O)c(C=O)nc32)ncc1C#N. The van der Waals surface area contributed by atoms with Crippen LogP contribution in [0.4, 0.5) is 16.4 Å². The Morgan fingerprint density at radius 3 is 2.84 bits per heavy atom. The molecular formula is C26H31N7O4. The highest BCUT2D eigenvalue weighted by Gasteiger charge is 2.28. The van der Waals surface area contributed by atoms with Crippen molar-refractivity contribution in [2.24, 2.45) is 0 Å². The Morgan fingerprint density at radius 1 is 1.27 bits per heavy atom. The highest BCUT2D eigenvalue weighted by Crippen LogP contribution is 2.28. The second kappa shape index (κ2) is 11.9. The van der Waals surface area contributed by atoms with Gasteiger partial charge in [0.1, 0.15) is 23.4 Å². The van der Waals surface area contributed by atoms with Gasteiger partial charge in [-0.25, -0.2) is 14.8 Å². The number of aryl methyl sites for hydroxylation is 2. The monoisotopic (exact) mass is 505 g/mol. The Bertz CT molecular complexity index is 1230. The van der Waals surface area contributed by atoms with E-state index in [1.165, 1.54) is 11.1 Å². The average Bonchev–Trinajstić information content (AvgIpc) is 2.89. The summed E-state index contributed by atoms with van der Waals surface area (Å²) in [5, 5.41) is 12.2. The molecule has 4 rings (SSSR count). The summed E-state index contributed by atoms with van der Waals surface area (Å²) in [5.41, 5.74) is 3.01. The number of likely N-dealkylation sites (N-methyl/N-ethyl adjacent to an activating group) is 1. The van der Waals surface area contributed by atoms with Crippen LogP contribution in [0.5, 0.6) is 0 Å². The zero-order valence-corrected chi connectivity index (χ0v) is 21.2. The Balaban J connectivity index is 1.53. The lowest BCUT2D eigenvalue weighted by atomic mass is 10.0. The van der Waals surface area contributed by atoms with Crippen LogP contribution in [-0.4, -0.2) is 84.9 Å². The third kappa shape index (κ3) is 6.10. The molecule has 37 heavy (non-hydrogen) atoms. The van der Waals surface area contributed by atoms with Crippen LogP contribution in [0.2, 0.25) is 0 Å². The zero-order chi connectivity index (χ0) is 26.4. The van der Waals surface area contributed by atoms with Crippen LogP contribution < -0.4 is 10.2 Å². The molecule has 0 radical (unpaired) electrons. The molecule has 1 N–H and O–H groups in total. The normalized spacial score (nSPS) is 15.8. The Morgan fingerprint density at radius 2 is 2.11 bits per heavy atom. The fourth-order valence-electron chi connectivity index (χ4n) is 4.64. The lowest BCUT2D eigenvalue weighted by Gasteiger charge is -2.33. The molecule has 0 unspecified atom stereocenters. The number of nitrogens with zero attached hydrogens (tertiary/aromatic N) is 6. The standard InChI is InChI=1S/C26H31N7O4/c1-31-8-9-32(24(35)16-31)15-20-11-19-5-3-7-33(25(19)29-22(20)17-34)26(36)30-23-12-18(6-4-10-37-2)21(13-27)14-28-23/h11-12,14,17H,3-10,15-16H2,1-2H3,(H,28,30,36). The molecule has 0 saturated carbocycles. The van der Waals surface area contributed by atoms with E-state index in [9.17, 15) is 19.6 Å². The third-order valence-electron chi connectivity index (χ3n) is 6.64. The van der Waals surface area contributed by atoms with Gasteiger partial charge in [-0.2, -0.15) is 5.26 Å². The molecule has 2 aliphatic heterocycles. The van der Waals surface area contributed by atoms with Crippen molar-refractivity contribution in [3.63, 3.8) is 0 Å². The third-order valence-corrected chi connectivity index (χ3v) is 6.64. The van der Waals surface area contributed by atoms with Gasteiger partial charge in [0.2, 0.25) is 5.91 Å². The number of rotatable bonds is 8. The highest BCUT2D eigenvalue weighted by molar-refractivity contribution is 6.01. The van der Waals surface area contributed by atoms with Crippen molar-refractivity contribution in [3.8, 4) is 6.07 Å². The van der Waals surface area contributed by atoms with E-state index in [0.717, 1.165) is 30.5 Å². The number of hydrogen-bond donors (Lipinski definition) is 1. The molecule has 2 aliphatic rings. The van der Waals surface area contributed by atoms with Crippen LogP contribution in [0.25, 0.3) is 0 Å². The number of ether oxygens (including phenoxy) is 1. The molecule has 1 saturated heterocycles. The number of pyridine rings is 2. The van der Waals surface area contributed by atoms with Crippen LogP contribution in [-0.2, 0) is 28.9 Å². The van der Waals surface area contributed by atoms with Crippen LogP contribution in [0, 0.1) is 11.3 Å². The van der Waals surface area contributed by atoms with Gasteiger partial charge in [0.05, 0.1) is 12.1 Å². The van der Waals surface area contributed by atoms with Gasteiger partial charge in [0, 0.05) is 51.7 Å². The predicted molar refractivity (Wildman–Crippen MR) is 136 cm³/mol. The van der Waals surface area contributed by atoms with Crippen molar-refractivity contribution in [1.82, 2.24) is 19.8 Å². The van der Waals surface area contributed by atoms with Gasteiger partial charge in [-0.05, 0) is 56.0 Å². The quantitative estimate of drug-likeness (QED) is 0.426. The topological polar surface area (TPSA) is 132 Å². The number of fused-ring (bicyclic) bond motifs is 1. The molecule has 2 aromatic heterocycles. The molecule has 194 valence electrons. The fraction of sp³-hybridized carbons (Fsp3) is 0.462. The number of piperazine rings is 1. The molecule has 0 spiro atoms. The molecular weight excluding hydrogens is 474 g/mol. The van der Waals surface area contributed by atoms with E-state index in [0.29, 0.717) is 74.7 Å². The van der Waals surface area contributed by atoms with Crippen LogP contribution in [0.15, 0.2) is 18.3 Å². The number of hydrogen-bond acceptors (Lipinski definition) is 8. The van der Waals surface area contributed by atoms with Gasteiger partial charge < -0.3 is 9.64 Å². The van der Waals surface area contributed by atoms with Gasteiger partial charge in [0.25, 0.3) is 0 Å². The molecule has 0 aliphatic carbocycles. The smallest absolute Gasteiger partial charge is 0.328 e. The predicted octanol–water partition coefficient (Wildman–Crippen LogP) is 2.00. The van der Waals surface area contributed by atoms with Gasteiger partial charge in [-0.1, -0.05) is 0 Å². The number of aromatic nitrogens is 2. The number of nitrogens with one attached hydrogen (secondary N) is 1. The van der Waals surface area contributed by atoms with Gasteiger partial charge in [-0.15, -0.1) is 0 Å². The summed E-state index contributed by atoms with van der Waals surface area (Å²) in [7, 11) is 3.53.